The quantitative estimate of drug-likeness (QED) is 0.453. The van der Waals surface area contributed by atoms with Gasteiger partial charge in [0, 0.05) is 0 Å². The average Bonchev–Trinajstić information content (AvgIpc) is 2.29. The third-order valence-electron chi connectivity index (χ3n) is 2.80. The average molecular weight is 249 g/mol. The van der Waals surface area contributed by atoms with E-state index >= 15 is 0 Å². The van der Waals surface area contributed by atoms with E-state index in [9.17, 15) is 4.79 Å². The van der Waals surface area contributed by atoms with Gasteiger partial charge in [-0.25, -0.2) is 0 Å². The topological polar surface area (TPSA) is 26.3 Å². The maximum absolute atomic E-state index is 11.5. The monoisotopic (exact) mass is 248 g/mol. The highest BCUT2D eigenvalue weighted by Gasteiger charge is 2.17. The molecule has 0 bridgehead atoms. The number of rotatable bonds is 9. The predicted molar refractivity (Wildman–Crippen MR) is 68.8 cm³/mol. The number of esters is 1. The van der Waals surface area contributed by atoms with Crippen LogP contribution in [-0.2, 0) is 9.53 Å². The second-order valence-corrected chi connectivity index (χ2v) is 4.83. The van der Waals surface area contributed by atoms with Crippen LogP contribution in [0.25, 0.3) is 0 Å². The summed E-state index contributed by atoms with van der Waals surface area (Å²) >= 11 is 5.89. The summed E-state index contributed by atoms with van der Waals surface area (Å²) in [7, 11) is 0. The number of unbranched alkanes of at least 4 members (excludes halogenated alkanes) is 1. The molecule has 0 aliphatic rings. The molecule has 0 aromatic carbocycles. The van der Waals surface area contributed by atoms with Gasteiger partial charge in [0.05, 0.1) is 6.61 Å². The summed E-state index contributed by atoms with van der Waals surface area (Å²) in [5, 5.41) is -0.464. The first-order valence-electron chi connectivity index (χ1n) is 6.46. The fourth-order valence-electron chi connectivity index (χ4n) is 1.56. The van der Waals surface area contributed by atoms with Gasteiger partial charge in [-0.15, -0.1) is 11.6 Å². The Hall–Kier alpha value is -0.240. The smallest absolute Gasteiger partial charge is 0.324 e. The van der Waals surface area contributed by atoms with E-state index in [4.69, 9.17) is 16.3 Å². The molecule has 0 spiro atoms. The standard InChI is InChI=1S/C13H25ClO2/c1-4-7-9-11(6-3)10-16-13(15)12(14)8-5-2/h11-12H,4-10H2,1-3H3. The highest BCUT2D eigenvalue weighted by atomic mass is 35.5. The molecule has 0 saturated carbocycles. The molecule has 2 atom stereocenters. The van der Waals surface area contributed by atoms with Gasteiger partial charge in [-0.1, -0.05) is 46.5 Å². The van der Waals surface area contributed by atoms with Crippen LogP contribution in [0.1, 0.15) is 59.3 Å². The molecule has 0 aliphatic heterocycles. The molecule has 3 heteroatoms. The molecule has 2 unspecified atom stereocenters. The van der Waals surface area contributed by atoms with Gasteiger partial charge in [0.2, 0.25) is 0 Å². The van der Waals surface area contributed by atoms with Crippen molar-refractivity contribution in [3.8, 4) is 0 Å². The molecule has 0 N–H and O–H groups in total. The molecule has 96 valence electrons. The zero-order chi connectivity index (χ0) is 12.4. The van der Waals surface area contributed by atoms with Crippen molar-refractivity contribution < 1.29 is 9.53 Å². The van der Waals surface area contributed by atoms with Crippen molar-refractivity contribution in [2.24, 2.45) is 5.92 Å². The van der Waals surface area contributed by atoms with E-state index in [1.807, 2.05) is 6.92 Å². The van der Waals surface area contributed by atoms with Gasteiger partial charge in [0.1, 0.15) is 5.38 Å². The van der Waals surface area contributed by atoms with Crippen LogP contribution in [0.3, 0.4) is 0 Å². The Bertz CT molecular complexity index is 183. The summed E-state index contributed by atoms with van der Waals surface area (Å²) in [6.45, 7) is 6.86. The first kappa shape index (κ1) is 15.8. The zero-order valence-corrected chi connectivity index (χ0v) is 11.6. The van der Waals surface area contributed by atoms with E-state index in [2.05, 4.69) is 13.8 Å². The van der Waals surface area contributed by atoms with E-state index in [-0.39, 0.29) is 5.97 Å². The molecule has 2 nitrogen and oxygen atoms in total. The molecule has 0 fully saturated rings. The Morgan fingerprint density at radius 1 is 1.19 bits per heavy atom. The Morgan fingerprint density at radius 2 is 1.88 bits per heavy atom. The fourth-order valence-corrected chi connectivity index (χ4v) is 1.84. The summed E-state index contributed by atoms with van der Waals surface area (Å²) in [6.07, 6.45) is 6.21. The van der Waals surface area contributed by atoms with Crippen LogP contribution in [0.2, 0.25) is 0 Å². The van der Waals surface area contributed by atoms with Crippen molar-refractivity contribution in [2.45, 2.75) is 64.7 Å². The zero-order valence-electron chi connectivity index (χ0n) is 10.8. The van der Waals surface area contributed by atoms with Crippen LogP contribution < -0.4 is 0 Å². The first-order chi connectivity index (χ1) is 7.65. The second kappa shape index (κ2) is 9.95. The van der Waals surface area contributed by atoms with Gasteiger partial charge in [-0.05, 0) is 18.8 Å². The fraction of sp³-hybridized carbons (Fsp3) is 0.923. The molecular formula is C13H25ClO2. The minimum atomic E-state index is -0.464. The molecule has 0 aromatic heterocycles. The number of carbonyl (C=O) groups excluding carboxylic acids is 1. The van der Waals surface area contributed by atoms with Gasteiger partial charge in [0.15, 0.2) is 0 Å². The van der Waals surface area contributed by atoms with E-state index in [0.29, 0.717) is 18.9 Å². The van der Waals surface area contributed by atoms with Crippen molar-refractivity contribution >= 4 is 17.6 Å². The number of carbonyl (C=O) groups is 1. The lowest BCUT2D eigenvalue weighted by atomic mass is 10.0. The number of hydrogen-bond donors (Lipinski definition) is 0. The lowest BCUT2D eigenvalue weighted by molar-refractivity contribution is -0.144. The normalized spacial score (nSPS) is 14.5. The summed E-state index contributed by atoms with van der Waals surface area (Å²) in [5.41, 5.74) is 0. The minimum Gasteiger partial charge on any atom is -0.464 e. The third kappa shape index (κ3) is 7.10. The molecule has 0 rings (SSSR count). The van der Waals surface area contributed by atoms with Crippen molar-refractivity contribution in [1.82, 2.24) is 0 Å². The Morgan fingerprint density at radius 3 is 2.38 bits per heavy atom. The van der Waals surface area contributed by atoms with Crippen LogP contribution in [0.5, 0.6) is 0 Å². The Balaban J connectivity index is 3.78. The molecule has 0 amide bonds. The van der Waals surface area contributed by atoms with Gasteiger partial charge in [-0.3, -0.25) is 4.79 Å². The first-order valence-corrected chi connectivity index (χ1v) is 6.89. The number of ether oxygens (including phenoxy) is 1. The number of hydrogen-bond acceptors (Lipinski definition) is 2. The summed E-state index contributed by atoms with van der Waals surface area (Å²) < 4.78 is 5.24. The van der Waals surface area contributed by atoms with Gasteiger partial charge >= 0.3 is 5.97 Å². The second-order valence-electron chi connectivity index (χ2n) is 4.30. The maximum atomic E-state index is 11.5. The van der Waals surface area contributed by atoms with Crippen molar-refractivity contribution in [3.63, 3.8) is 0 Å². The Kier molecular flexibility index (Phi) is 9.80. The molecule has 0 heterocycles. The van der Waals surface area contributed by atoms with Crippen molar-refractivity contribution in [3.05, 3.63) is 0 Å². The largest absolute Gasteiger partial charge is 0.464 e. The molecular weight excluding hydrogens is 224 g/mol. The number of alkyl halides is 1. The van der Waals surface area contributed by atoms with E-state index < -0.39 is 5.38 Å². The van der Waals surface area contributed by atoms with Crippen LogP contribution in [0, 0.1) is 5.92 Å². The van der Waals surface area contributed by atoms with E-state index in [0.717, 1.165) is 19.3 Å². The van der Waals surface area contributed by atoms with Crippen LogP contribution >= 0.6 is 11.6 Å². The summed E-state index contributed by atoms with van der Waals surface area (Å²) in [6, 6.07) is 0. The van der Waals surface area contributed by atoms with E-state index in [1.165, 1.54) is 12.8 Å². The van der Waals surface area contributed by atoms with Crippen molar-refractivity contribution in [1.29, 1.82) is 0 Å². The minimum absolute atomic E-state index is 0.251. The maximum Gasteiger partial charge on any atom is 0.324 e. The molecule has 16 heavy (non-hydrogen) atoms. The van der Waals surface area contributed by atoms with Gasteiger partial charge in [0.25, 0.3) is 0 Å². The molecule has 0 radical (unpaired) electrons. The van der Waals surface area contributed by atoms with Crippen LogP contribution in [0.15, 0.2) is 0 Å². The molecule has 0 saturated heterocycles. The van der Waals surface area contributed by atoms with Gasteiger partial charge in [-0.2, -0.15) is 0 Å². The van der Waals surface area contributed by atoms with Gasteiger partial charge < -0.3 is 4.74 Å². The highest BCUT2D eigenvalue weighted by Crippen LogP contribution is 2.14. The molecule has 0 aliphatic carbocycles. The van der Waals surface area contributed by atoms with Crippen molar-refractivity contribution in [2.75, 3.05) is 6.61 Å². The lowest BCUT2D eigenvalue weighted by Crippen LogP contribution is -2.21. The van der Waals surface area contributed by atoms with Crippen LogP contribution in [-0.4, -0.2) is 18.0 Å². The number of halogens is 1. The third-order valence-corrected chi connectivity index (χ3v) is 3.20. The van der Waals surface area contributed by atoms with E-state index in [1.54, 1.807) is 0 Å². The SMILES string of the molecule is CCCCC(CC)COC(=O)C(Cl)CCC. The predicted octanol–water partition coefficient (Wildman–Crippen LogP) is 4.15. The van der Waals surface area contributed by atoms with Crippen LogP contribution in [0.4, 0.5) is 0 Å². The lowest BCUT2D eigenvalue weighted by Gasteiger charge is -2.16. The highest BCUT2D eigenvalue weighted by molar-refractivity contribution is 6.29. The summed E-state index contributed by atoms with van der Waals surface area (Å²) in [4.78, 5) is 11.5. The summed E-state index contributed by atoms with van der Waals surface area (Å²) in [5.74, 6) is 0.243. The Labute approximate surface area is 105 Å². The molecule has 0 aromatic rings.